The topological polar surface area (TPSA) is 53.1 Å². The fourth-order valence-corrected chi connectivity index (χ4v) is 1.88. The lowest BCUT2D eigenvalue weighted by Crippen LogP contribution is -2.03. The third-order valence-electron chi connectivity index (χ3n) is 2.32. The van der Waals surface area contributed by atoms with Crippen molar-refractivity contribution in [2.45, 2.75) is 6.54 Å². The van der Waals surface area contributed by atoms with Crippen LogP contribution >= 0.6 is 23.2 Å². The van der Waals surface area contributed by atoms with Crippen LogP contribution in [0, 0.1) is 0 Å². The highest BCUT2D eigenvalue weighted by molar-refractivity contribution is 6.32. The molecule has 0 aliphatic heterocycles. The number of hydrogen-bond donors (Lipinski definition) is 1. The van der Waals surface area contributed by atoms with Crippen molar-refractivity contribution in [2.24, 2.45) is 0 Å². The maximum atomic E-state index is 5.94. The Hall–Kier alpha value is -1.39. The van der Waals surface area contributed by atoms with Gasteiger partial charge < -0.3 is 10.5 Å². The monoisotopic (exact) mass is 271 g/mol. The van der Waals surface area contributed by atoms with E-state index in [0.29, 0.717) is 22.4 Å². The quantitative estimate of drug-likeness (QED) is 0.934. The molecule has 0 spiro atoms. The molecule has 90 valence electrons. The summed E-state index contributed by atoms with van der Waals surface area (Å²) in [6.45, 7) is 0.501. The van der Waals surface area contributed by atoms with Crippen molar-refractivity contribution in [3.8, 4) is 5.75 Å². The normalized spacial score (nSPS) is 10.5. The van der Waals surface area contributed by atoms with E-state index in [1.807, 2.05) is 12.1 Å². The van der Waals surface area contributed by atoms with Gasteiger partial charge in [-0.2, -0.15) is 5.10 Å². The summed E-state index contributed by atoms with van der Waals surface area (Å²) in [6, 6.07) is 5.41. The van der Waals surface area contributed by atoms with Gasteiger partial charge in [0.2, 0.25) is 0 Å². The van der Waals surface area contributed by atoms with E-state index in [4.69, 9.17) is 33.7 Å². The molecular formula is C11H11Cl2N3O. The Bertz CT molecular complexity index is 520. The molecule has 2 aromatic rings. The van der Waals surface area contributed by atoms with Crippen LogP contribution in [0.2, 0.25) is 10.0 Å². The standard InChI is InChI=1S/C11H11Cl2N3O/c1-17-10-3-2-8(12)4-7(10)5-16-6-9(13)11(14)15-16/h2-4,6H,5H2,1H3,(H2,14,15). The highest BCUT2D eigenvalue weighted by Crippen LogP contribution is 2.24. The molecule has 6 heteroatoms. The number of anilines is 1. The van der Waals surface area contributed by atoms with Crippen molar-refractivity contribution in [3.63, 3.8) is 0 Å². The summed E-state index contributed by atoms with van der Waals surface area (Å²) in [6.07, 6.45) is 1.66. The number of halogens is 2. The molecule has 0 aliphatic carbocycles. The molecule has 1 aromatic carbocycles. The van der Waals surface area contributed by atoms with Crippen molar-refractivity contribution >= 4 is 29.0 Å². The van der Waals surface area contributed by atoms with E-state index in [1.165, 1.54) is 0 Å². The summed E-state index contributed by atoms with van der Waals surface area (Å²) in [5, 5.41) is 5.16. The number of rotatable bonds is 3. The second-order valence-electron chi connectivity index (χ2n) is 3.52. The predicted octanol–water partition coefficient (Wildman–Crippen LogP) is 2.83. The molecule has 1 aromatic heterocycles. The summed E-state index contributed by atoms with van der Waals surface area (Å²) in [5.41, 5.74) is 6.49. The van der Waals surface area contributed by atoms with Gasteiger partial charge in [-0.15, -0.1) is 0 Å². The van der Waals surface area contributed by atoms with E-state index in [9.17, 15) is 0 Å². The Kier molecular flexibility index (Phi) is 3.45. The van der Waals surface area contributed by atoms with Crippen molar-refractivity contribution in [3.05, 3.63) is 40.0 Å². The van der Waals surface area contributed by atoms with Crippen molar-refractivity contribution < 1.29 is 4.74 Å². The predicted molar refractivity (Wildman–Crippen MR) is 68.8 cm³/mol. The molecule has 0 fully saturated rings. The summed E-state index contributed by atoms with van der Waals surface area (Å²) in [7, 11) is 1.61. The zero-order valence-electron chi connectivity index (χ0n) is 9.15. The SMILES string of the molecule is COc1ccc(Cl)cc1Cn1cc(Cl)c(N)n1. The van der Waals surface area contributed by atoms with Crippen LogP contribution in [0.1, 0.15) is 5.56 Å². The second-order valence-corrected chi connectivity index (χ2v) is 4.36. The van der Waals surface area contributed by atoms with Gasteiger partial charge in [0.25, 0.3) is 0 Å². The number of nitrogens with zero attached hydrogens (tertiary/aromatic N) is 2. The first-order valence-electron chi connectivity index (χ1n) is 4.91. The van der Waals surface area contributed by atoms with Gasteiger partial charge >= 0.3 is 0 Å². The van der Waals surface area contributed by atoms with Gasteiger partial charge in [0.05, 0.1) is 13.7 Å². The lowest BCUT2D eigenvalue weighted by Gasteiger charge is -2.08. The van der Waals surface area contributed by atoms with Gasteiger partial charge in [0.1, 0.15) is 10.8 Å². The first-order valence-corrected chi connectivity index (χ1v) is 5.66. The fraction of sp³-hybridized carbons (Fsp3) is 0.182. The van der Waals surface area contributed by atoms with Gasteiger partial charge in [-0.3, -0.25) is 4.68 Å². The van der Waals surface area contributed by atoms with E-state index in [1.54, 1.807) is 24.1 Å². The lowest BCUT2D eigenvalue weighted by atomic mass is 10.2. The number of benzene rings is 1. The summed E-state index contributed by atoms with van der Waals surface area (Å²) in [4.78, 5) is 0. The molecule has 0 unspecified atom stereocenters. The zero-order chi connectivity index (χ0) is 12.4. The molecule has 2 rings (SSSR count). The Balaban J connectivity index is 2.31. The number of aromatic nitrogens is 2. The average molecular weight is 272 g/mol. The van der Waals surface area contributed by atoms with Gasteiger partial charge in [-0.1, -0.05) is 23.2 Å². The summed E-state index contributed by atoms with van der Waals surface area (Å²) in [5.74, 6) is 1.06. The second kappa shape index (κ2) is 4.85. The summed E-state index contributed by atoms with van der Waals surface area (Å²) < 4.78 is 6.89. The van der Waals surface area contributed by atoms with Gasteiger partial charge in [-0.05, 0) is 18.2 Å². The van der Waals surface area contributed by atoms with E-state index in [0.717, 1.165) is 11.3 Å². The molecule has 2 N–H and O–H groups in total. The van der Waals surface area contributed by atoms with Crippen LogP contribution in [0.4, 0.5) is 5.82 Å². The van der Waals surface area contributed by atoms with E-state index < -0.39 is 0 Å². The maximum Gasteiger partial charge on any atom is 0.164 e. The van der Waals surface area contributed by atoms with E-state index in [-0.39, 0.29) is 0 Å². The van der Waals surface area contributed by atoms with Crippen LogP contribution in [0.5, 0.6) is 5.75 Å². The molecule has 17 heavy (non-hydrogen) atoms. The Labute approximate surface area is 109 Å². The molecule has 0 bridgehead atoms. The van der Waals surface area contributed by atoms with Crippen molar-refractivity contribution in [2.75, 3.05) is 12.8 Å². The third-order valence-corrected chi connectivity index (χ3v) is 2.84. The molecule has 0 saturated heterocycles. The molecule has 0 atom stereocenters. The van der Waals surface area contributed by atoms with Crippen LogP contribution < -0.4 is 10.5 Å². The highest BCUT2D eigenvalue weighted by Gasteiger charge is 2.08. The van der Waals surface area contributed by atoms with Crippen molar-refractivity contribution in [1.82, 2.24) is 9.78 Å². The first kappa shape index (κ1) is 12.1. The Morgan fingerprint density at radius 2 is 2.18 bits per heavy atom. The molecular weight excluding hydrogens is 261 g/mol. The smallest absolute Gasteiger partial charge is 0.164 e. The number of nitrogens with two attached hydrogens (primary N) is 1. The molecule has 0 radical (unpaired) electrons. The van der Waals surface area contributed by atoms with Crippen LogP contribution in [-0.2, 0) is 6.54 Å². The number of hydrogen-bond acceptors (Lipinski definition) is 3. The van der Waals surface area contributed by atoms with Gasteiger partial charge in [0, 0.05) is 16.8 Å². The fourth-order valence-electron chi connectivity index (χ4n) is 1.54. The van der Waals surface area contributed by atoms with Crippen LogP contribution in [0.15, 0.2) is 24.4 Å². The van der Waals surface area contributed by atoms with Crippen LogP contribution in [0.25, 0.3) is 0 Å². The average Bonchev–Trinajstić information content (AvgIpc) is 2.58. The van der Waals surface area contributed by atoms with Gasteiger partial charge in [-0.25, -0.2) is 0 Å². The summed E-state index contributed by atoms with van der Waals surface area (Å²) >= 11 is 11.8. The minimum Gasteiger partial charge on any atom is -0.496 e. The number of methoxy groups -OCH3 is 1. The van der Waals surface area contributed by atoms with Crippen LogP contribution in [-0.4, -0.2) is 16.9 Å². The van der Waals surface area contributed by atoms with Crippen molar-refractivity contribution in [1.29, 1.82) is 0 Å². The molecule has 4 nitrogen and oxygen atoms in total. The minimum atomic E-state index is 0.313. The molecule has 0 saturated carbocycles. The number of ether oxygens (including phenoxy) is 1. The molecule has 1 heterocycles. The van der Waals surface area contributed by atoms with E-state index >= 15 is 0 Å². The largest absolute Gasteiger partial charge is 0.496 e. The molecule has 0 amide bonds. The first-order chi connectivity index (χ1) is 8.10. The van der Waals surface area contributed by atoms with E-state index in [2.05, 4.69) is 5.10 Å². The number of nitrogen functional groups attached to an aromatic ring is 1. The Morgan fingerprint density at radius 1 is 1.41 bits per heavy atom. The maximum absolute atomic E-state index is 5.94. The third kappa shape index (κ3) is 2.65. The van der Waals surface area contributed by atoms with Crippen LogP contribution in [0.3, 0.4) is 0 Å². The highest BCUT2D eigenvalue weighted by atomic mass is 35.5. The van der Waals surface area contributed by atoms with Gasteiger partial charge in [0.15, 0.2) is 5.82 Å². The molecule has 0 aliphatic rings. The minimum absolute atomic E-state index is 0.313. The Morgan fingerprint density at radius 3 is 2.76 bits per heavy atom. The zero-order valence-corrected chi connectivity index (χ0v) is 10.7. The lowest BCUT2D eigenvalue weighted by molar-refractivity contribution is 0.407.